The molecule has 0 N–H and O–H groups in total. The highest BCUT2D eigenvalue weighted by Crippen LogP contribution is 1.83. The zero-order chi connectivity index (χ0) is 6.24. The minimum absolute atomic E-state index is 0.719. The summed E-state index contributed by atoms with van der Waals surface area (Å²) < 4.78 is 10.8. The largest absolute Gasteiger partial charge is 0.379 e. The molecule has 0 aromatic heterocycles. The topological polar surface area (TPSA) is 18.5 Å². The molecule has 0 bridgehead atoms. The predicted molar refractivity (Wildman–Crippen MR) is 41.3 cm³/mol. The Labute approximate surface area is 63.7 Å². The van der Waals surface area contributed by atoms with Gasteiger partial charge in [0.1, 0.15) is 0 Å². The summed E-state index contributed by atoms with van der Waals surface area (Å²) >= 11 is 2.16. The molecule has 3 heteroatoms. The first-order valence-electron chi connectivity index (χ1n) is 2.63. The second-order valence-corrected chi connectivity index (χ2v) is 1.84. The first kappa shape index (κ1) is 8.65. The monoisotopic (exact) mass is 230 g/mol. The SMILES string of the molecule is CCOCCOCI. The molecule has 0 aromatic rings. The summed E-state index contributed by atoms with van der Waals surface area (Å²) in [6.45, 7) is 4.20. The van der Waals surface area contributed by atoms with Gasteiger partial charge in [0.15, 0.2) is 0 Å². The van der Waals surface area contributed by atoms with E-state index in [1.54, 1.807) is 0 Å². The van der Waals surface area contributed by atoms with Gasteiger partial charge in [0.2, 0.25) is 0 Å². The van der Waals surface area contributed by atoms with Crippen molar-refractivity contribution in [3.8, 4) is 0 Å². The van der Waals surface area contributed by atoms with Gasteiger partial charge in [-0.15, -0.1) is 0 Å². The number of hydrogen-bond acceptors (Lipinski definition) is 2. The second kappa shape index (κ2) is 7.65. The summed E-state index contributed by atoms with van der Waals surface area (Å²) in [6.07, 6.45) is 0. The van der Waals surface area contributed by atoms with E-state index in [4.69, 9.17) is 9.47 Å². The van der Waals surface area contributed by atoms with Crippen LogP contribution in [0.3, 0.4) is 0 Å². The van der Waals surface area contributed by atoms with E-state index in [1.807, 2.05) is 6.92 Å². The summed E-state index contributed by atoms with van der Waals surface area (Å²) in [5.74, 6) is 0. The van der Waals surface area contributed by atoms with Crippen LogP contribution in [-0.2, 0) is 9.47 Å². The molecule has 0 aliphatic carbocycles. The van der Waals surface area contributed by atoms with Crippen molar-refractivity contribution >= 4 is 22.6 Å². The maximum Gasteiger partial charge on any atom is 0.0980 e. The summed E-state index contributed by atoms with van der Waals surface area (Å²) in [5, 5.41) is 0. The predicted octanol–water partition coefficient (Wildman–Crippen LogP) is 1.43. The molecule has 0 radical (unpaired) electrons. The Morgan fingerprint density at radius 1 is 1.25 bits per heavy atom. The molecular formula is C5H11IO2. The van der Waals surface area contributed by atoms with Gasteiger partial charge in [0.25, 0.3) is 0 Å². The first-order valence-corrected chi connectivity index (χ1v) is 4.15. The summed E-state index contributed by atoms with van der Waals surface area (Å²) in [5.41, 5.74) is 0. The molecule has 0 fully saturated rings. The lowest BCUT2D eigenvalue weighted by Crippen LogP contribution is -2.01. The number of alkyl halides is 1. The molecule has 2 nitrogen and oxygen atoms in total. The van der Waals surface area contributed by atoms with E-state index in [2.05, 4.69) is 22.6 Å². The van der Waals surface area contributed by atoms with E-state index in [0.29, 0.717) is 0 Å². The van der Waals surface area contributed by atoms with Crippen LogP contribution in [0.25, 0.3) is 0 Å². The third-order valence-electron chi connectivity index (χ3n) is 0.653. The molecule has 0 atom stereocenters. The Balaban J connectivity index is 2.53. The number of halogens is 1. The molecule has 0 amide bonds. The van der Waals surface area contributed by atoms with Crippen LogP contribution >= 0.6 is 22.6 Å². The van der Waals surface area contributed by atoms with Gasteiger partial charge >= 0.3 is 0 Å². The first-order chi connectivity index (χ1) is 3.91. The second-order valence-electron chi connectivity index (χ2n) is 1.21. The van der Waals surface area contributed by atoms with Gasteiger partial charge in [0, 0.05) is 6.61 Å². The molecule has 0 spiro atoms. The van der Waals surface area contributed by atoms with Crippen molar-refractivity contribution in [2.75, 3.05) is 24.4 Å². The highest BCUT2D eigenvalue weighted by atomic mass is 127. The van der Waals surface area contributed by atoms with Crippen molar-refractivity contribution in [1.29, 1.82) is 0 Å². The quantitative estimate of drug-likeness (QED) is 0.404. The lowest BCUT2D eigenvalue weighted by atomic mass is 10.7. The molecular weight excluding hydrogens is 219 g/mol. The van der Waals surface area contributed by atoms with Crippen molar-refractivity contribution in [1.82, 2.24) is 0 Å². The van der Waals surface area contributed by atoms with Crippen molar-refractivity contribution in [3.63, 3.8) is 0 Å². The molecule has 0 aliphatic rings. The molecule has 50 valence electrons. The third-order valence-corrected chi connectivity index (χ3v) is 1.09. The average molecular weight is 230 g/mol. The van der Waals surface area contributed by atoms with E-state index in [-0.39, 0.29) is 0 Å². The van der Waals surface area contributed by atoms with E-state index >= 15 is 0 Å². The number of ether oxygens (including phenoxy) is 2. The lowest BCUT2D eigenvalue weighted by molar-refractivity contribution is 0.0750. The average Bonchev–Trinajstić information content (AvgIpc) is 1.81. The zero-order valence-corrected chi connectivity index (χ0v) is 7.18. The Morgan fingerprint density at radius 3 is 2.38 bits per heavy atom. The number of rotatable bonds is 5. The Hall–Kier alpha value is 0.650. The van der Waals surface area contributed by atoms with Crippen LogP contribution in [0.4, 0.5) is 0 Å². The van der Waals surface area contributed by atoms with Gasteiger partial charge < -0.3 is 9.47 Å². The normalized spacial score (nSPS) is 9.75. The van der Waals surface area contributed by atoms with Crippen LogP contribution in [0.2, 0.25) is 0 Å². The molecule has 0 unspecified atom stereocenters. The van der Waals surface area contributed by atoms with Crippen LogP contribution in [0.5, 0.6) is 0 Å². The van der Waals surface area contributed by atoms with Gasteiger partial charge in [-0.25, -0.2) is 0 Å². The number of hydrogen-bond donors (Lipinski definition) is 0. The summed E-state index contributed by atoms with van der Waals surface area (Å²) in [4.78, 5) is 0. The minimum atomic E-state index is 0.719. The van der Waals surface area contributed by atoms with Crippen LogP contribution in [0.1, 0.15) is 6.92 Å². The molecule has 0 heterocycles. The molecule has 0 saturated heterocycles. The van der Waals surface area contributed by atoms with Gasteiger partial charge in [0.05, 0.1) is 17.8 Å². The van der Waals surface area contributed by atoms with Gasteiger partial charge in [-0.05, 0) is 6.92 Å². The van der Waals surface area contributed by atoms with Crippen LogP contribution in [0.15, 0.2) is 0 Å². The molecule has 0 rings (SSSR count). The van der Waals surface area contributed by atoms with Crippen molar-refractivity contribution in [2.45, 2.75) is 6.92 Å². The fourth-order valence-corrected chi connectivity index (χ4v) is 0.628. The third kappa shape index (κ3) is 6.65. The maximum absolute atomic E-state index is 5.01. The Kier molecular flexibility index (Phi) is 8.27. The van der Waals surface area contributed by atoms with Crippen molar-refractivity contribution in [3.05, 3.63) is 0 Å². The molecule has 0 aromatic carbocycles. The highest BCUT2D eigenvalue weighted by molar-refractivity contribution is 14.1. The van der Waals surface area contributed by atoms with E-state index in [1.165, 1.54) is 0 Å². The van der Waals surface area contributed by atoms with Gasteiger partial charge in [-0.3, -0.25) is 0 Å². The summed E-state index contributed by atoms with van der Waals surface area (Å²) in [7, 11) is 0. The summed E-state index contributed by atoms with van der Waals surface area (Å²) in [6, 6.07) is 0. The lowest BCUT2D eigenvalue weighted by Gasteiger charge is -1.98. The van der Waals surface area contributed by atoms with Crippen molar-refractivity contribution < 1.29 is 9.47 Å². The van der Waals surface area contributed by atoms with Crippen LogP contribution in [0, 0.1) is 0 Å². The molecule has 0 aliphatic heterocycles. The Morgan fingerprint density at radius 2 is 1.88 bits per heavy atom. The van der Waals surface area contributed by atoms with E-state index in [9.17, 15) is 0 Å². The minimum Gasteiger partial charge on any atom is -0.379 e. The van der Waals surface area contributed by atoms with E-state index in [0.717, 1.165) is 24.4 Å². The molecule has 0 saturated carbocycles. The van der Waals surface area contributed by atoms with E-state index < -0.39 is 0 Å². The zero-order valence-electron chi connectivity index (χ0n) is 5.02. The standard InChI is InChI=1S/C5H11IO2/c1-2-7-3-4-8-5-6/h2-5H2,1H3. The highest BCUT2D eigenvalue weighted by Gasteiger charge is 1.81. The van der Waals surface area contributed by atoms with Crippen LogP contribution in [-0.4, -0.2) is 24.4 Å². The maximum atomic E-state index is 5.01. The fraction of sp³-hybridized carbons (Fsp3) is 1.00. The van der Waals surface area contributed by atoms with Crippen LogP contribution < -0.4 is 0 Å². The fourth-order valence-electron chi connectivity index (χ4n) is 0.317. The Bertz CT molecular complexity index is 35.4. The van der Waals surface area contributed by atoms with Gasteiger partial charge in [-0.1, -0.05) is 22.6 Å². The van der Waals surface area contributed by atoms with Crippen molar-refractivity contribution in [2.24, 2.45) is 0 Å². The smallest absolute Gasteiger partial charge is 0.0980 e. The van der Waals surface area contributed by atoms with Gasteiger partial charge in [-0.2, -0.15) is 0 Å². The molecule has 8 heavy (non-hydrogen) atoms.